The largest absolute Gasteiger partial charge is 0.444 e. The van der Waals surface area contributed by atoms with Gasteiger partial charge in [0.25, 0.3) is 0 Å². The van der Waals surface area contributed by atoms with Crippen molar-refractivity contribution in [3.63, 3.8) is 0 Å². The van der Waals surface area contributed by atoms with Gasteiger partial charge in [0.2, 0.25) is 0 Å². The third kappa shape index (κ3) is 3.57. The molecule has 15 heavy (non-hydrogen) atoms. The quantitative estimate of drug-likeness (QED) is 0.672. The summed E-state index contributed by atoms with van der Waals surface area (Å²) in [5, 5.41) is 0. The van der Waals surface area contributed by atoms with Crippen LogP contribution in [-0.4, -0.2) is 29.2 Å². The van der Waals surface area contributed by atoms with E-state index in [1.54, 1.807) is 0 Å². The Morgan fingerprint density at radius 1 is 1.60 bits per heavy atom. The molecule has 0 aromatic heterocycles. The fourth-order valence-electron chi connectivity index (χ4n) is 1.61. The van der Waals surface area contributed by atoms with E-state index in [9.17, 15) is 4.79 Å². The maximum Gasteiger partial charge on any atom is 0.410 e. The van der Waals surface area contributed by atoms with Crippen LogP contribution in [0.2, 0.25) is 0 Å². The lowest BCUT2D eigenvalue weighted by Gasteiger charge is -2.41. The first kappa shape index (κ1) is 12.1. The molecule has 1 atom stereocenters. The molecular formula is C12H21NO2. The predicted molar refractivity (Wildman–Crippen MR) is 60.8 cm³/mol. The maximum absolute atomic E-state index is 11.7. The summed E-state index contributed by atoms with van der Waals surface area (Å²) in [5.41, 5.74) is -0.393. The number of rotatable bonds is 3. The van der Waals surface area contributed by atoms with E-state index in [1.807, 2.05) is 31.7 Å². The molecule has 86 valence electrons. The number of carbonyl (C=O) groups excluding carboxylic acids is 1. The first-order valence-corrected chi connectivity index (χ1v) is 5.54. The number of amides is 1. The van der Waals surface area contributed by atoms with E-state index in [0.717, 1.165) is 25.8 Å². The van der Waals surface area contributed by atoms with Crippen LogP contribution in [0.5, 0.6) is 0 Å². The van der Waals surface area contributed by atoms with Crippen LogP contribution in [0.25, 0.3) is 0 Å². The molecule has 0 aromatic rings. The van der Waals surface area contributed by atoms with Crippen molar-refractivity contribution < 1.29 is 9.53 Å². The van der Waals surface area contributed by atoms with Crippen LogP contribution in [0.15, 0.2) is 12.7 Å². The number of carbonyl (C=O) groups is 1. The first-order chi connectivity index (χ1) is 6.94. The molecule has 1 rings (SSSR count). The molecule has 1 amide bonds. The minimum Gasteiger partial charge on any atom is -0.444 e. The number of allylic oxidation sites excluding steroid dienone is 1. The minimum atomic E-state index is -0.393. The van der Waals surface area contributed by atoms with Gasteiger partial charge in [-0.05, 0) is 40.0 Å². The Morgan fingerprint density at radius 3 is 2.67 bits per heavy atom. The van der Waals surface area contributed by atoms with Crippen molar-refractivity contribution >= 4 is 6.09 Å². The van der Waals surface area contributed by atoms with Crippen molar-refractivity contribution in [2.75, 3.05) is 6.54 Å². The second kappa shape index (κ2) is 4.69. The third-order valence-corrected chi connectivity index (χ3v) is 2.48. The zero-order valence-electron chi connectivity index (χ0n) is 9.95. The molecule has 1 aliphatic heterocycles. The molecule has 0 spiro atoms. The molecule has 0 unspecified atom stereocenters. The minimum absolute atomic E-state index is 0.178. The van der Waals surface area contributed by atoms with Crippen molar-refractivity contribution in [2.45, 2.75) is 51.7 Å². The summed E-state index contributed by atoms with van der Waals surface area (Å²) in [6.45, 7) is 10.2. The molecule has 0 aromatic carbocycles. The highest BCUT2D eigenvalue weighted by atomic mass is 16.6. The van der Waals surface area contributed by atoms with E-state index in [-0.39, 0.29) is 6.09 Å². The van der Waals surface area contributed by atoms with Gasteiger partial charge in [0, 0.05) is 12.6 Å². The normalized spacial score (nSPS) is 20.7. The highest BCUT2D eigenvalue weighted by molar-refractivity contribution is 5.69. The Labute approximate surface area is 92.1 Å². The zero-order chi connectivity index (χ0) is 11.5. The van der Waals surface area contributed by atoms with Crippen LogP contribution >= 0.6 is 0 Å². The summed E-state index contributed by atoms with van der Waals surface area (Å²) in [4.78, 5) is 13.5. The lowest BCUT2D eigenvalue weighted by Crippen LogP contribution is -2.52. The third-order valence-electron chi connectivity index (χ3n) is 2.48. The lowest BCUT2D eigenvalue weighted by molar-refractivity contribution is -0.00643. The van der Waals surface area contributed by atoms with Crippen LogP contribution in [0.3, 0.4) is 0 Å². The fraction of sp³-hybridized carbons (Fsp3) is 0.750. The fourth-order valence-corrected chi connectivity index (χ4v) is 1.61. The van der Waals surface area contributed by atoms with Gasteiger partial charge in [-0.2, -0.15) is 0 Å². The SMILES string of the molecule is C=CCC[C@H]1CCN1C(=O)OC(C)(C)C. The van der Waals surface area contributed by atoms with Gasteiger partial charge >= 0.3 is 6.09 Å². The van der Waals surface area contributed by atoms with Gasteiger partial charge in [-0.3, -0.25) is 0 Å². The van der Waals surface area contributed by atoms with Crippen molar-refractivity contribution in [3.8, 4) is 0 Å². The van der Waals surface area contributed by atoms with Crippen molar-refractivity contribution in [3.05, 3.63) is 12.7 Å². The van der Waals surface area contributed by atoms with Crippen molar-refractivity contribution in [2.24, 2.45) is 0 Å². The summed E-state index contributed by atoms with van der Waals surface area (Å²) < 4.78 is 5.31. The number of ether oxygens (including phenoxy) is 1. The Bertz CT molecular complexity index is 242. The molecule has 0 N–H and O–H groups in total. The Hall–Kier alpha value is -0.990. The van der Waals surface area contributed by atoms with E-state index in [0.29, 0.717) is 6.04 Å². The molecule has 1 saturated heterocycles. The summed E-state index contributed by atoms with van der Waals surface area (Å²) in [5.74, 6) is 0. The van der Waals surface area contributed by atoms with Crippen LogP contribution in [0, 0.1) is 0 Å². The summed E-state index contributed by atoms with van der Waals surface area (Å²) in [6.07, 6.45) is 4.77. The Balaban J connectivity index is 2.37. The van der Waals surface area contributed by atoms with Crippen LogP contribution in [0.4, 0.5) is 4.79 Å². The molecule has 0 bridgehead atoms. The van der Waals surface area contributed by atoms with E-state index < -0.39 is 5.60 Å². The van der Waals surface area contributed by atoms with Gasteiger partial charge in [0.1, 0.15) is 5.60 Å². The van der Waals surface area contributed by atoms with Gasteiger partial charge < -0.3 is 9.64 Å². The van der Waals surface area contributed by atoms with E-state index in [4.69, 9.17) is 4.74 Å². The summed E-state index contributed by atoms with van der Waals surface area (Å²) in [7, 11) is 0. The molecule has 1 fully saturated rings. The molecule has 0 aliphatic carbocycles. The van der Waals surface area contributed by atoms with E-state index >= 15 is 0 Å². The average molecular weight is 211 g/mol. The standard InChI is InChI=1S/C12H21NO2/c1-5-6-7-10-8-9-13(10)11(14)15-12(2,3)4/h5,10H,1,6-9H2,2-4H3/t10-/m0/s1. The zero-order valence-corrected chi connectivity index (χ0v) is 9.95. The van der Waals surface area contributed by atoms with E-state index in [2.05, 4.69) is 6.58 Å². The van der Waals surface area contributed by atoms with Gasteiger partial charge in [-0.1, -0.05) is 6.08 Å². The molecule has 1 aliphatic rings. The highest BCUT2D eigenvalue weighted by Gasteiger charge is 2.34. The summed E-state index contributed by atoms with van der Waals surface area (Å²) >= 11 is 0. The Morgan fingerprint density at radius 2 is 2.27 bits per heavy atom. The molecule has 0 radical (unpaired) electrons. The monoisotopic (exact) mass is 211 g/mol. The van der Waals surface area contributed by atoms with Crippen LogP contribution < -0.4 is 0 Å². The average Bonchev–Trinajstić information content (AvgIpc) is 1.98. The molecular weight excluding hydrogens is 190 g/mol. The number of likely N-dealkylation sites (tertiary alicyclic amines) is 1. The second-order valence-corrected chi connectivity index (χ2v) is 4.98. The highest BCUT2D eigenvalue weighted by Crippen LogP contribution is 2.24. The van der Waals surface area contributed by atoms with Gasteiger partial charge in [0.15, 0.2) is 0 Å². The van der Waals surface area contributed by atoms with Gasteiger partial charge in [-0.15, -0.1) is 6.58 Å². The first-order valence-electron chi connectivity index (χ1n) is 5.54. The molecule has 3 heteroatoms. The molecule has 0 saturated carbocycles. The number of nitrogens with zero attached hydrogens (tertiary/aromatic N) is 1. The van der Waals surface area contributed by atoms with E-state index in [1.165, 1.54) is 0 Å². The lowest BCUT2D eigenvalue weighted by atomic mass is 9.99. The summed E-state index contributed by atoms with van der Waals surface area (Å²) in [6, 6.07) is 0.359. The van der Waals surface area contributed by atoms with Crippen LogP contribution in [-0.2, 0) is 4.74 Å². The molecule has 1 heterocycles. The van der Waals surface area contributed by atoms with Gasteiger partial charge in [-0.25, -0.2) is 4.79 Å². The predicted octanol–water partition coefficient (Wildman–Crippen LogP) is 2.96. The topological polar surface area (TPSA) is 29.5 Å². The van der Waals surface area contributed by atoms with Crippen molar-refractivity contribution in [1.82, 2.24) is 4.90 Å². The maximum atomic E-state index is 11.7. The number of hydrogen-bond acceptors (Lipinski definition) is 2. The second-order valence-electron chi connectivity index (χ2n) is 4.98. The van der Waals surface area contributed by atoms with Crippen molar-refractivity contribution in [1.29, 1.82) is 0 Å². The van der Waals surface area contributed by atoms with Crippen LogP contribution in [0.1, 0.15) is 40.0 Å². The molecule has 3 nitrogen and oxygen atoms in total. The Kier molecular flexibility index (Phi) is 3.77. The van der Waals surface area contributed by atoms with Gasteiger partial charge in [0.05, 0.1) is 0 Å². The smallest absolute Gasteiger partial charge is 0.410 e. The number of hydrogen-bond donors (Lipinski definition) is 0.